The van der Waals surface area contributed by atoms with Crippen molar-refractivity contribution in [3.63, 3.8) is 0 Å². The van der Waals surface area contributed by atoms with Crippen molar-refractivity contribution in [3.8, 4) is 0 Å². The summed E-state index contributed by atoms with van der Waals surface area (Å²) in [5, 5.41) is 0.710. The number of halogens is 1. The van der Waals surface area contributed by atoms with E-state index in [2.05, 4.69) is 28.8 Å². The van der Waals surface area contributed by atoms with Gasteiger partial charge in [0.05, 0.1) is 5.52 Å². The summed E-state index contributed by atoms with van der Waals surface area (Å²) < 4.78 is 15.7. The summed E-state index contributed by atoms with van der Waals surface area (Å²) in [6, 6.07) is 17.6. The minimum absolute atomic E-state index is 0.140. The first kappa shape index (κ1) is 12.0. The summed E-state index contributed by atoms with van der Waals surface area (Å²) in [7, 11) is 0. The van der Waals surface area contributed by atoms with Crippen LogP contribution in [0.5, 0.6) is 0 Å². The van der Waals surface area contributed by atoms with Crippen molar-refractivity contribution < 1.29 is 4.39 Å². The summed E-state index contributed by atoms with van der Waals surface area (Å²) >= 11 is 0. The molecule has 0 aliphatic rings. The highest BCUT2D eigenvalue weighted by atomic mass is 19.1. The number of benzene rings is 2. The molecule has 1 heterocycles. The van der Waals surface area contributed by atoms with Crippen molar-refractivity contribution in [3.05, 3.63) is 72.2 Å². The maximum absolute atomic E-state index is 13.6. The second-order valence-electron chi connectivity index (χ2n) is 4.77. The maximum Gasteiger partial charge on any atom is 0.132 e. The second-order valence-corrected chi connectivity index (χ2v) is 4.77. The highest BCUT2D eigenvalue weighted by Crippen LogP contribution is 2.19. The van der Waals surface area contributed by atoms with E-state index in [0.717, 1.165) is 24.9 Å². The summed E-state index contributed by atoms with van der Waals surface area (Å²) in [5.41, 5.74) is 2.33. The van der Waals surface area contributed by atoms with E-state index in [0.29, 0.717) is 5.39 Å². The molecule has 0 unspecified atom stereocenters. The number of fused-ring (bicyclic) bond motifs is 1. The number of hydrogen-bond donors (Lipinski definition) is 0. The lowest BCUT2D eigenvalue weighted by Crippen LogP contribution is -1.98. The van der Waals surface area contributed by atoms with Crippen LogP contribution in [0, 0.1) is 5.82 Å². The Morgan fingerprint density at radius 1 is 0.895 bits per heavy atom. The lowest BCUT2D eigenvalue weighted by atomic mass is 10.1. The zero-order valence-corrected chi connectivity index (χ0v) is 10.7. The summed E-state index contributed by atoms with van der Waals surface area (Å²) in [5.74, 6) is -0.140. The Labute approximate surface area is 112 Å². The fourth-order valence-corrected chi connectivity index (χ4v) is 2.48. The van der Waals surface area contributed by atoms with Crippen LogP contribution in [0.4, 0.5) is 4.39 Å². The third-order valence-electron chi connectivity index (χ3n) is 3.47. The van der Waals surface area contributed by atoms with Gasteiger partial charge in [-0.1, -0.05) is 36.4 Å². The average Bonchev–Trinajstić information content (AvgIpc) is 2.85. The van der Waals surface area contributed by atoms with E-state index < -0.39 is 0 Å². The van der Waals surface area contributed by atoms with Gasteiger partial charge in [-0.2, -0.15) is 0 Å². The molecular formula is C17H16FN. The van der Waals surface area contributed by atoms with Crippen LogP contribution in [-0.4, -0.2) is 4.57 Å². The lowest BCUT2D eigenvalue weighted by molar-refractivity contribution is 0.638. The minimum Gasteiger partial charge on any atom is -0.347 e. The van der Waals surface area contributed by atoms with Gasteiger partial charge in [0, 0.05) is 18.1 Å². The predicted molar refractivity (Wildman–Crippen MR) is 76.7 cm³/mol. The highest BCUT2D eigenvalue weighted by Gasteiger charge is 2.04. The molecule has 0 radical (unpaired) electrons. The molecule has 19 heavy (non-hydrogen) atoms. The minimum atomic E-state index is -0.140. The molecule has 0 saturated carbocycles. The Balaban J connectivity index is 1.71. The van der Waals surface area contributed by atoms with Crippen LogP contribution in [0.3, 0.4) is 0 Å². The molecule has 0 aliphatic carbocycles. The molecule has 3 aromatic rings. The van der Waals surface area contributed by atoms with Gasteiger partial charge in [-0.25, -0.2) is 4.39 Å². The SMILES string of the molecule is Fc1cccc2c1ccn2CCCc1ccccc1. The van der Waals surface area contributed by atoms with Gasteiger partial charge in [0.1, 0.15) is 5.82 Å². The van der Waals surface area contributed by atoms with Crippen LogP contribution < -0.4 is 0 Å². The van der Waals surface area contributed by atoms with Gasteiger partial charge in [-0.05, 0) is 36.6 Å². The first-order valence-electron chi connectivity index (χ1n) is 6.62. The molecule has 0 N–H and O–H groups in total. The number of aryl methyl sites for hydroxylation is 2. The second kappa shape index (κ2) is 5.27. The molecule has 0 fully saturated rings. The summed E-state index contributed by atoms with van der Waals surface area (Å²) in [6.07, 6.45) is 4.08. The largest absolute Gasteiger partial charge is 0.347 e. The molecule has 1 nitrogen and oxygen atoms in total. The molecule has 2 heteroatoms. The topological polar surface area (TPSA) is 4.93 Å². The standard InChI is InChI=1S/C17H16FN/c18-16-9-4-10-17-15(16)11-13-19(17)12-5-8-14-6-2-1-3-7-14/h1-4,6-7,9-11,13H,5,8,12H2. The monoisotopic (exact) mass is 253 g/mol. The van der Waals surface area contributed by atoms with E-state index in [-0.39, 0.29) is 5.82 Å². The quantitative estimate of drug-likeness (QED) is 0.649. The zero-order valence-electron chi connectivity index (χ0n) is 10.7. The van der Waals surface area contributed by atoms with Gasteiger partial charge in [0.2, 0.25) is 0 Å². The predicted octanol–water partition coefficient (Wildman–Crippen LogP) is 4.41. The van der Waals surface area contributed by atoms with E-state index in [9.17, 15) is 4.39 Å². The Bertz CT molecular complexity index is 670. The first-order chi connectivity index (χ1) is 9.34. The third-order valence-corrected chi connectivity index (χ3v) is 3.47. The molecular weight excluding hydrogens is 237 g/mol. The van der Waals surface area contributed by atoms with E-state index >= 15 is 0 Å². The van der Waals surface area contributed by atoms with Crippen molar-refractivity contribution in [2.75, 3.05) is 0 Å². The summed E-state index contributed by atoms with van der Waals surface area (Å²) in [6.45, 7) is 0.918. The van der Waals surface area contributed by atoms with E-state index in [1.165, 1.54) is 11.6 Å². The van der Waals surface area contributed by atoms with Crippen molar-refractivity contribution in [2.45, 2.75) is 19.4 Å². The van der Waals surface area contributed by atoms with Crippen molar-refractivity contribution in [1.82, 2.24) is 4.57 Å². The average molecular weight is 253 g/mol. The molecule has 0 bridgehead atoms. The molecule has 0 amide bonds. The Hall–Kier alpha value is -2.09. The first-order valence-corrected chi connectivity index (χ1v) is 6.62. The molecule has 2 aromatic carbocycles. The highest BCUT2D eigenvalue weighted by molar-refractivity contribution is 5.80. The molecule has 0 aliphatic heterocycles. The van der Waals surface area contributed by atoms with E-state index in [1.54, 1.807) is 6.07 Å². The third kappa shape index (κ3) is 2.53. The molecule has 0 spiro atoms. The zero-order chi connectivity index (χ0) is 13.1. The number of rotatable bonds is 4. The van der Waals surface area contributed by atoms with Crippen LogP contribution in [0.2, 0.25) is 0 Å². The Morgan fingerprint density at radius 2 is 1.74 bits per heavy atom. The number of aromatic nitrogens is 1. The smallest absolute Gasteiger partial charge is 0.132 e. The fourth-order valence-electron chi connectivity index (χ4n) is 2.48. The van der Waals surface area contributed by atoms with Crippen LogP contribution >= 0.6 is 0 Å². The van der Waals surface area contributed by atoms with Crippen molar-refractivity contribution in [1.29, 1.82) is 0 Å². The van der Waals surface area contributed by atoms with Crippen LogP contribution in [0.25, 0.3) is 10.9 Å². The van der Waals surface area contributed by atoms with Crippen LogP contribution in [0.1, 0.15) is 12.0 Å². The van der Waals surface area contributed by atoms with E-state index in [4.69, 9.17) is 0 Å². The normalized spacial score (nSPS) is 11.0. The number of hydrogen-bond acceptors (Lipinski definition) is 0. The van der Waals surface area contributed by atoms with Crippen LogP contribution in [-0.2, 0) is 13.0 Å². The van der Waals surface area contributed by atoms with Gasteiger partial charge in [-0.3, -0.25) is 0 Å². The Morgan fingerprint density at radius 3 is 2.58 bits per heavy atom. The fraction of sp³-hybridized carbons (Fsp3) is 0.176. The van der Waals surface area contributed by atoms with Crippen molar-refractivity contribution >= 4 is 10.9 Å². The Kier molecular flexibility index (Phi) is 3.32. The van der Waals surface area contributed by atoms with Gasteiger partial charge in [0.25, 0.3) is 0 Å². The van der Waals surface area contributed by atoms with Crippen molar-refractivity contribution in [2.24, 2.45) is 0 Å². The molecule has 0 saturated heterocycles. The van der Waals surface area contributed by atoms with Crippen LogP contribution in [0.15, 0.2) is 60.8 Å². The molecule has 3 rings (SSSR count). The van der Waals surface area contributed by atoms with Gasteiger partial charge >= 0.3 is 0 Å². The maximum atomic E-state index is 13.6. The van der Waals surface area contributed by atoms with E-state index in [1.807, 2.05) is 24.4 Å². The number of nitrogens with zero attached hydrogens (tertiary/aromatic N) is 1. The van der Waals surface area contributed by atoms with Gasteiger partial charge < -0.3 is 4.57 Å². The van der Waals surface area contributed by atoms with Gasteiger partial charge in [0.15, 0.2) is 0 Å². The molecule has 0 atom stereocenters. The van der Waals surface area contributed by atoms with Gasteiger partial charge in [-0.15, -0.1) is 0 Å². The molecule has 96 valence electrons. The molecule has 1 aromatic heterocycles. The lowest BCUT2D eigenvalue weighted by Gasteiger charge is -2.05. The summed E-state index contributed by atoms with van der Waals surface area (Å²) in [4.78, 5) is 0.